The number of nitrogens with one attached hydrogen (secondary N) is 1. The smallest absolute Gasteiger partial charge is 0.308 e. The van der Waals surface area contributed by atoms with Crippen LogP contribution in [0.4, 0.5) is 5.82 Å². The van der Waals surface area contributed by atoms with E-state index in [1.54, 1.807) is 17.0 Å². The van der Waals surface area contributed by atoms with Crippen LogP contribution >= 0.6 is 0 Å². The summed E-state index contributed by atoms with van der Waals surface area (Å²) in [7, 11) is 1.42. The zero-order valence-electron chi connectivity index (χ0n) is 12.0. The largest absolute Gasteiger partial charge is 0.469 e. The predicted octanol–water partition coefficient (Wildman–Crippen LogP) is 1.41. The van der Waals surface area contributed by atoms with E-state index >= 15 is 0 Å². The van der Waals surface area contributed by atoms with Crippen molar-refractivity contribution in [3.63, 3.8) is 0 Å². The van der Waals surface area contributed by atoms with Gasteiger partial charge in [0.05, 0.1) is 13.0 Å². The van der Waals surface area contributed by atoms with Gasteiger partial charge < -0.3 is 14.6 Å². The zero-order valence-corrected chi connectivity index (χ0v) is 12.0. The van der Waals surface area contributed by atoms with Gasteiger partial charge in [-0.2, -0.15) is 0 Å². The van der Waals surface area contributed by atoms with Crippen LogP contribution in [-0.2, 0) is 16.1 Å². The average molecular weight is 279 g/mol. The second-order valence-electron chi connectivity index (χ2n) is 5.08. The fraction of sp³-hybridized carbons (Fsp3) is 0.643. The molecule has 0 aromatic carbocycles. The molecule has 1 fully saturated rings. The number of carbonyl (C=O) groups is 1. The van der Waals surface area contributed by atoms with Crippen molar-refractivity contribution in [2.24, 2.45) is 5.92 Å². The number of ether oxygens (including phenoxy) is 1. The van der Waals surface area contributed by atoms with Gasteiger partial charge in [0.1, 0.15) is 0 Å². The van der Waals surface area contributed by atoms with Crippen molar-refractivity contribution in [3.8, 4) is 0 Å². The van der Waals surface area contributed by atoms with E-state index in [0.29, 0.717) is 12.4 Å². The highest BCUT2D eigenvalue weighted by Gasteiger charge is 2.27. The summed E-state index contributed by atoms with van der Waals surface area (Å²) in [6, 6.07) is 0.198. The van der Waals surface area contributed by atoms with Gasteiger partial charge in [0.25, 0.3) is 5.56 Å². The summed E-state index contributed by atoms with van der Waals surface area (Å²) in [5.74, 6) is 0.263. The van der Waals surface area contributed by atoms with Crippen molar-refractivity contribution in [2.75, 3.05) is 12.4 Å². The first kappa shape index (κ1) is 14.6. The Balaban J connectivity index is 1.96. The molecule has 0 bridgehead atoms. The van der Waals surface area contributed by atoms with Gasteiger partial charge in [0.2, 0.25) is 0 Å². The maximum atomic E-state index is 12.1. The van der Waals surface area contributed by atoms with E-state index in [4.69, 9.17) is 4.74 Å². The third-order valence-electron chi connectivity index (χ3n) is 3.86. The number of rotatable bonds is 4. The number of anilines is 1. The molecule has 0 unspecified atom stereocenters. The number of aryl methyl sites for hydroxylation is 1. The zero-order chi connectivity index (χ0) is 14.5. The number of methoxy groups -OCH3 is 1. The van der Waals surface area contributed by atoms with Gasteiger partial charge in [0, 0.05) is 25.0 Å². The molecule has 2 rings (SSSR count). The van der Waals surface area contributed by atoms with Crippen LogP contribution in [0.15, 0.2) is 17.2 Å². The van der Waals surface area contributed by atoms with E-state index in [1.165, 1.54) is 7.11 Å². The molecule has 1 aliphatic carbocycles. The molecule has 0 spiro atoms. The number of esters is 1. The minimum absolute atomic E-state index is 0.00548. The van der Waals surface area contributed by atoms with Crippen LogP contribution in [0, 0.1) is 5.92 Å². The van der Waals surface area contributed by atoms with Crippen molar-refractivity contribution in [3.05, 3.63) is 22.7 Å². The molecular formula is C14H21N3O3. The van der Waals surface area contributed by atoms with Gasteiger partial charge in [-0.25, -0.2) is 4.98 Å². The number of hydrogen-bond donors (Lipinski definition) is 1. The molecule has 1 aliphatic rings. The summed E-state index contributed by atoms with van der Waals surface area (Å²) < 4.78 is 6.39. The molecule has 1 saturated carbocycles. The van der Waals surface area contributed by atoms with Crippen LogP contribution in [0.2, 0.25) is 0 Å². The van der Waals surface area contributed by atoms with Crippen LogP contribution in [0.3, 0.4) is 0 Å². The third-order valence-corrected chi connectivity index (χ3v) is 3.86. The van der Waals surface area contributed by atoms with Crippen LogP contribution in [0.1, 0.15) is 32.6 Å². The van der Waals surface area contributed by atoms with Gasteiger partial charge in [-0.3, -0.25) is 9.59 Å². The molecule has 6 nitrogen and oxygen atoms in total. The Morgan fingerprint density at radius 2 is 2.15 bits per heavy atom. The van der Waals surface area contributed by atoms with E-state index in [0.717, 1.165) is 25.7 Å². The Morgan fingerprint density at radius 1 is 1.45 bits per heavy atom. The summed E-state index contributed by atoms with van der Waals surface area (Å²) in [5.41, 5.74) is -0.0925. The summed E-state index contributed by atoms with van der Waals surface area (Å²) in [6.07, 6.45) is 6.59. The molecule has 0 aliphatic heterocycles. The van der Waals surface area contributed by atoms with E-state index in [1.807, 2.05) is 6.92 Å². The minimum atomic E-state index is -0.130. The molecule has 0 atom stereocenters. The summed E-state index contributed by atoms with van der Waals surface area (Å²) in [6.45, 7) is 2.55. The Hall–Kier alpha value is -1.85. The van der Waals surface area contributed by atoms with Crippen molar-refractivity contribution in [2.45, 2.75) is 45.2 Å². The second-order valence-corrected chi connectivity index (χ2v) is 5.08. The van der Waals surface area contributed by atoms with Gasteiger partial charge in [-0.05, 0) is 32.6 Å². The van der Waals surface area contributed by atoms with Crippen LogP contribution < -0.4 is 10.9 Å². The predicted molar refractivity (Wildman–Crippen MR) is 75.6 cm³/mol. The lowest BCUT2D eigenvalue weighted by Gasteiger charge is -2.27. The third kappa shape index (κ3) is 3.18. The molecule has 1 N–H and O–H groups in total. The first-order chi connectivity index (χ1) is 9.65. The van der Waals surface area contributed by atoms with Crippen LogP contribution in [0.25, 0.3) is 0 Å². The molecular weight excluding hydrogens is 258 g/mol. The van der Waals surface area contributed by atoms with Crippen molar-refractivity contribution < 1.29 is 9.53 Å². The van der Waals surface area contributed by atoms with Crippen molar-refractivity contribution in [1.82, 2.24) is 9.55 Å². The molecule has 20 heavy (non-hydrogen) atoms. The Labute approximate surface area is 118 Å². The number of hydrogen-bond acceptors (Lipinski definition) is 5. The molecule has 1 aromatic rings. The van der Waals surface area contributed by atoms with Crippen LogP contribution in [-0.4, -0.2) is 28.7 Å². The first-order valence-corrected chi connectivity index (χ1v) is 7.05. The SMILES string of the molecule is CCn1ccnc(NC2CCC(C(=O)OC)CC2)c1=O. The topological polar surface area (TPSA) is 73.2 Å². The summed E-state index contributed by atoms with van der Waals surface area (Å²) in [5, 5.41) is 3.20. The molecule has 0 amide bonds. The fourth-order valence-electron chi connectivity index (χ4n) is 2.63. The van der Waals surface area contributed by atoms with Gasteiger partial charge in [0.15, 0.2) is 5.82 Å². The molecule has 1 heterocycles. The molecule has 6 heteroatoms. The quantitative estimate of drug-likeness (QED) is 0.844. The summed E-state index contributed by atoms with van der Waals surface area (Å²) >= 11 is 0. The number of nitrogens with zero attached hydrogens (tertiary/aromatic N) is 2. The van der Waals surface area contributed by atoms with E-state index in [9.17, 15) is 9.59 Å². The first-order valence-electron chi connectivity index (χ1n) is 7.05. The maximum absolute atomic E-state index is 12.1. The lowest BCUT2D eigenvalue weighted by atomic mass is 9.86. The highest BCUT2D eigenvalue weighted by Crippen LogP contribution is 2.26. The Morgan fingerprint density at radius 3 is 2.75 bits per heavy atom. The Bertz CT molecular complexity index is 519. The van der Waals surface area contributed by atoms with Gasteiger partial charge in [-0.15, -0.1) is 0 Å². The maximum Gasteiger partial charge on any atom is 0.308 e. The normalized spacial score (nSPS) is 22.3. The minimum Gasteiger partial charge on any atom is -0.469 e. The second kappa shape index (κ2) is 6.54. The monoisotopic (exact) mass is 279 g/mol. The standard InChI is InChI=1S/C14H21N3O3/c1-3-17-9-8-15-12(13(17)18)16-11-6-4-10(5-7-11)14(19)20-2/h8-11H,3-7H2,1-2H3,(H,15,16). The fourth-order valence-corrected chi connectivity index (χ4v) is 2.63. The number of aromatic nitrogens is 2. The van der Waals surface area contributed by atoms with E-state index < -0.39 is 0 Å². The Kier molecular flexibility index (Phi) is 4.76. The van der Waals surface area contributed by atoms with Crippen LogP contribution in [0.5, 0.6) is 0 Å². The molecule has 110 valence electrons. The van der Waals surface area contributed by atoms with E-state index in [-0.39, 0.29) is 23.5 Å². The highest BCUT2D eigenvalue weighted by atomic mass is 16.5. The van der Waals surface area contributed by atoms with E-state index in [2.05, 4.69) is 10.3 Å². The highest BCUT2D eigenvalue weighted by molar-refractivity contribution is 5.72. The summed E-state index contributed by atoms with van der Waals surface area (Å²) in [4.78, 5) is 27.6. The average Bonchev–Trinajstić information content (AvgIpc) is 2.49. The number of carbonyl (C=O) groups excluding carboxylic acids is 1. The van der Waals surface area contributed by atoms with Crippen molar-refractivity contribution in [1.29, 1.82) is 0 Å². The molecule has 0 saturated heterocycles. The molecule has 1 aromatic heterocycles. The lowest BCUT2D eigenvalue weighted by Crippen LogP contribution is -2.33. The van der Waals surface area contributed by atoms with Gasteiger partial charge >= 0.3 is 5.97 Å². The molecule has 0 radical (unpaired) electrons. The van der Waals surface area contributed by atoms with Crippen molar-refractivity contribution >= 4 is 11.8 Å². The lowest BCUT2D eigenvalue weighted by molar-refractivity contribution is -0.146. The van der Waals surface area contributed by atoms with Gasteiger partial charge in [-0.1, -0.05) is 0 Å².